The Kier molecular flexibility index (Phi) is 3.97. The largest absolute Gasteiger partial charge is 0.388 e. The minimum atomic E-state index is -0.623. The van der Waals surface area contributed by atoms with Crippen LogP contribution >= 0.6 is 11.6 Å². The van der Waals surface area contributed by atoms with Crippen molar-refractivity contribution in [2.24, 2.45) is 7.05 Å². The number of aromatic nitrogens is 2. The Morgan fingerprint density at radius 3 is 2.26 bits per heavy atom. The summed E-state index contributed by atoms with van der Waals surface area (Å²) < 4.78 is 1.59. The molecule has 1 heterocycles. The molecule has 1 N–H and O–H groups in total. The summed E-state index contributed by atoms with van der Waals surface area (Å²) >= 11 is 6.18. The SMILES string of the molecule is Cc1cc(C)cc(CC(O)c2c(C)nn(C)c2Cl)c1. The number of aliphatic hydroxyl groups is 1. The van der Waals surface area contributed by atoms with Gasteiger partial charge in [-0.05, 0) is 26.3 Å². The third kappa shape index (κ3) is 2.99. The van der Waals surface area contributed by atoms with Crippen LogP contribution < -0.4 is 0 Å². The molecule has 3 nitrogen and oxygen atoms in total. The maximum Gasteiger partial charge on any atom is 0.132 e. The summed E-state index contributed by atoms with van der Waals surface area (Å²) in [7, 11) is 1.78. The first-order valence-electron chi connectivity index (χ1n) is 6.32. The zero-order valence-corrected chi connectivity index (χ0v) is 12.5. The average Bonchev–Trinajstić information content (AvgIpc) is 2.51. The van der Waals surface area contributed by atoms with Crippen LogP contribution in [-0.4, -0.2) is 14.9 Å². The lowest BCUT2D eigenvalue weighted by Gasteiger charge is -2.12. The van der Waals surface area contributed by atoms with Crippen LogP contribution in [0.3, 0.4) is 0 Å². The number of hydrogen-bond acceptors (Lipinski definition) is 2. The molecular formula is C15H19ClN2O. The number of aliphatic hydroxyl groups excluding tert-OH is 1. The maximum atomic E-state index is 10.4. The van der Waals surface area contributed by atoms with E-state index in [-0.39, 0.29) is 0 Å². The monoisotopic (exact) mass is 278 g/mol. The molecule has 1 aromatic heterocycles. The van der Waals surface area contributed by atoms with Crippen molar-refractivity contribution in [2.45, 2.75) is 33.3 Å². The number of hydrogen-bond donors (Lipinski definition) is 1. The van der Waals surface area contributed by atoms with E-state index in [0.717, 1.165) is 16.8 Å². The molecule has 1 aromatic carbocycles. The van der Waals surface area contributed by atoms with Crippen LogP contribution in [0.5, 0.6) is 0 Å². The van der Waals surface area contributed by atoms with Crippen LogP contribution in [0.2, 0.25) is 5.15 Å². The van der Waals surface area contributed by atoms with E-state index in [1.807, 2.05) is 6.92 Å². The van der Waals surface area contributed by atoms with Gasteiger partial charge in [0.15, 0.2) is 0 Å². The van der Waals surface area contributed by atoms with Gasteiger partial charge in [0, 0.05) is 19.0 Å². The number of benzene rings is 1. The Morgan fingerprint density at radius 1 is 1.21 bits per heavy atom. The molecular weight excluding hydrogens is 260 g/mol. The Bertz CT molecular complexity index is 584. The van der Waals surface area contributed by atoms with Gasteiger partial charge in [0.25, 0.3) is 0 Å². The van der Waals surface area contributed by atoms with Crippen molar-refractivity contribution in [1.29, 1.82) is 0 Å². The molecule has 0 amide bonds. The van der Waals surface area contributed by atoms with Crippen LogP contribution in [-0.2, 0) is 13.5 Å². The lowest BCUT2D eigenvalue weighted by molar-refractivity contribution is 0.178. The van der Waals surface area contributed by atoms with Crippen molar-refractivity contribution in [2.75, 3.05) is 0 Å². The molecule has 0 radical (unpaired) electrons. The molecule has 0 fully saturated rings. The lowest BCUT2D eigenvalue weighted by Crippen LogP contribution is -2.04. The summed E-state index contributed by atoms with van der Waals surface area (Å²) in [5.74, 6) is 0. The Balaban J connectivity index is 2.27. The van der Waals surface area contributed by atoms with Gasteiger partial charge >= 0.3 is 0 Å². The summed E-state index contributed by atoms with van der Waals surface area (Å²) in [6.07, 6.45) is -0.0724. The zero-order valence-electron chi connectivity index (χ0n) is 11.7. The second kappa shape index (κ2) is 5.35. The van der Waals surface area contributed by atoms with Gasteiger partial charge in [-0.25, -0.2) is 0 Å². The van der Waals surface area contributed by atoms with E-state index in [0.29, 0.717) is 11.6 Å². The van der Waals surface area contributed by atoms with E-state index in [2.05, 4.69) is 37.1 Å². The summed E-state index contributed by atoms with van der Waals surface area (Å²) in [5, 5.41) is 15.1. The molecule has 0 saturated carbocycles. The van der Waals surface area contributed by atoms with Crippen molar-refractivity contribution in [3.05, 3.63) is 51.3 Å². The summed E-state index contributed by atoms with van der Waals surface area (Å²) in [4.78, 5) is 0. The van der Waals surface area contributed by atoms with Gasteiger partial charge in [-0.15, -0.1) is 0 Å². The topological polar surface area (TPSA) is 38.1 Å². The quantitative estimate of drug-likeness (QED) is 0.936. The fourth-order valence-electron chi connectivity index (χ4n) is 2.54. The number of halogens is 1. The van der Waals surface area contributed by atoms with E-state index in [4.69, 9.17) is 11.6 Å². The van der Waals surface area contributed by atoms with Crippen molar-refractivity contribution < 1.29 is 5.11 Å². The molecule has 2 aromatic rings. The first-order valence-corrected chi connectivity index (χ1v) is 6.70. The highest BCUT2D eigenvalue weighted by Gasteiger charge is 2.19. The molecule has 1 atom stereocenters. The molecule has 0 aliphatic carbocycles. The van der Waals surface area contributed by atoms with Crippen LogP contribution in [0, 0.1) is 20.8 Å². The van der Waals surface area contributed by atoms with E-state index in [9.17, 15) is 5.11 Å². The molecule has 0 aliphatic rings. The van der Waals surface area contributed by atoms with Gasteiger partial charge in [-0.3, -0.25) is 4.68 Å². The summed E-state index contributed by atoms with van der Waals surface area (Å²) in [6.45, 7) is 5.99. The van der Waals surface area contributed by atoms with Gasteiger partial charge in [-0.1, -0.05) is 40.9 Å². The minimum absolute atomic E-state index is 0.509. The maximum absolute atomic E-state index is 10.4. The molecule has 0 aliphatic heterocycles. The normalized spacial score (nSPS) is 12.7. The highest BCUT2D eigenvalue weighted by Crippen LogP contribution is 2.28. The number of aryl methyl sites for hydroxylation is 4. The first kappa shape index (κ1) is 14.1. The fourth-order valence-corrected chi connectivity index (χ4v) is 2.84. The van der Waals surface area contributed by atoms with Crippen LogP contribution in [0.4, 0.5) is 0 Å². The van der Waals surface area contributed by atoms with Gasteiger partial charge < -0.3 is 5.11 Å². The Morgan fingerprint density at radius 2 is 1.79 bits per heavy atom. The zero-order chi connectivity index (χ0) is 14.2. The lowest BCUT2D eigenvalue weighted by atomic mass is 9.99. The molecule has 0 spiro atoms. The van der Waals surface area contributed by atoms with Gasteiger partial charge in [0.2, 0.25) is 0 Å². The molecule has 0 bridgehead atoms. The van der Waals surface area contributed by atoms with Gasteiger partial charge in [0.05, 0.1) is 11.8 Å². The number of rotatable bonds is 3. The van der Waals surface area contributed by atoms with E-state index in [1.165, 1.54) is 11.1 Å². The molecule has 1 unspecified atom stereocenters. The third-order valence-electron chi connectivity index (χ3n) is 3.24. The Labute approximate surface area is 118 Å². The van der Waals surface area contributed by atoms with Crippen LogP contribution in [0.15, 0.2) is 18.2 Å². The predicted molar refractivity (Wildman–Crippen MR) is 77.5 cm³/mol. The second-order valence-corrected chi connectivity index (χ2v) is 5.49. The Hall–Kier alpha value is -1.32. The standard InChI is InChI=1S/C15H19ClN2O/c1-9-5-10(2)7-12(6-9)8-13(19)14-11(3)17-18(4)15(14)16/h5-7,13,19H,8H2,1-4H3. The highest BCUT2D eigenvalue weighted by atomic mass is 35.5. The van der Waals surface area contributed by atoms with E-state index in [1.54, 1.807) is 11.7 Å². The van der Waals surface area contributed by atoms with E-state index >= 15 is 0 Å². The molecule has 0 saturated heterocycles. The molecule has 4 heteroatoms. The smallest absolute Gasteiger partial charge is 0.132 e. The first-order chi connectivity index (χ1) is 8.88. The van der Waals surface area contributed by atoms with Crippen molar-refractivity contribution in [1.82, 2.24) is 9.78 Å². The molecule has 102 valence electrons. The van der Waals surface area contributed by atoms with Gasteiger partial charge in [-0.2, -0.15) is 5.10 Å². The fraction of sp³-hybridized carbons (Fsp3) is 0.400. The van der Waals surface area contributed by atoms with Crippen molar-refractivity contribution in [3.63, 3.8) is 0 Å². The van der Waals surface area contributed by atoms with Crippen LogP contribution in [0.25, 0.3) is 0 Å². The number of nitrogens with zero attached hydrogens (tertiary/aromatic N) is 2. The molecule has 19 heavy (non-hydrogen) atoms. The highest BCUT2D eigenvalue weighted by molar-refractivity contribution is 6.30. The van der Waals surface area contributed by atoms with Gasteiger partial charge in [0.1, 0.15) is 5.15 Å². The summed E-state index contributed by atoms with van der Waals surface area (Å²) in [6, 6.07) is 6.31. The van der Waals surface area contributed by atoms with Crippen molar-refractivity contribution >= 4 is 11.6 Å². The second-order valence-electron chi connectivity index (χ2n) is 5.13. The third-order valence-corrected chi connectivity index (χ3v) is 3.69. The van der Waals surface area contributed by atoms with Crippen LogP contribution in [0.1, 0.15) is 34.1 Å². The van der Waals surface area contributed by atoms with Crippen molar-refractivity contribution in [3.8, 4) is 0 Å². The average molecular weight is 279 g/mol. The van der Waals surface area contributed by atoms with E-state index < -0.39 is 6.10 Å². The molecule has 2 rings (SSSR count). The summed E-state index contributed by atoms with van der Waals surface area (Å²) in [5.41, 5.74) is 5.03. The minimum Gasteiger partial charge on any atom is -0.388 e. The predicted octanol–water partition coefficient (Wildman–Crippen LogP) is 3.27.